The minimum absolute atomic E-state index is 0.00860. The van der Waals surface area contributed by atoms with Crippen molar-refractivity contribution in [2.24, 2.45) is 0 Å². The Labute approximate surface area is 164 Å². The molecule has 0 aromatic heterocycles. The first-order valence-corrected chi connectivity index (χ1v) is 9.53. The van der Waals surface area contributed by atoms with Crippen LogP contribution in [0.1, 0.15) is 63.8 Å². The summed E-state index contributed by atoms with van der Waals surface area (Å²) in [7, 11) is 0. The van der Waals surface area contributed by atoms with Gasteiger partial charge in [-0.25, -0.2) is 0 Å². The van der Waals surface area contributed by atoms with E-state index in [9.17, 15) is 4.79 Å². The maximum atomic E-state index is 12.4. The highest BCUT2D eigenvalue weighted by Gasteiger charge is 2.23. The van der Waals surface area contributed by atoms with Gasteiger partial charge in [-0.2, -0.15) is 0 Å². The minimum Gasteiger partial charge on any atom is -0.483 e. The molecule has 0 spiro atoms. The number of carbonyl (C=O) groups excluding carboxylic acids is 1. The lowest BCUT2D eigenvalue weighted by Gasteiger charge is -2.27. The summed E-state index contributed by atoms with van der Waals surface area (Å²) in [4.78, 5) is 12.4. The molecule has 0 radical (unpaired) electrons. The molecule has 1 N–H and O–H groups in total. The van der Waals surface area contributed by atoms with Crippen LogP contribution < -0.4 is 10.1 Å². The molecule has 0 aliphatic rings. The number of anilines is 1. The van der Waals surface area contributed by atoms with Crippen molar-refractivity contribution in [1.82, 2.24) is 0 Å². The van der Waals surface area contributed by atoms with Crippen LogP contribution in [-0.2, 0) is 15.6 Å². The quantitative estimate of drug-likeness (QED) is 0.729. The maximum Gasteiger partial charge on any atom is 0.262 e. The zero-order valence-electron chi connectivity index (χ0n) is 18.0. The van der Waals surface area contributed by atoms with Crippen molar-refractivity contribution in [2.75, 3.05) is 11.9 Å². The van der Waals surface area contributed by atoms with Crippen LogP contribution in [0.3, 0.4) is 0 Å². The first-order valence-electron chi connectivity index (χ1n) is 9.53. The largest absolute Gasteiger partial charge is 0.483 e. The van der Waals surface area contributed by atoms with Crippen molar-refractivity contribution in [1.29, 1.82) is 0 Å². The molecule has 0 saturated carbocycles. The molecule has 0 aliphatic heterocycles. The number of ether oxygens (including phenoxy) is 1. The van der Waals surface area contributed by atoms with Gasteiger partial charge in [-0.05, 0) is 59.1 Å². The maximum absolute atomic E-state index is 12.4. The molecule has 2 aromatic carbocycles. The van der Waals surface area contributed by atoms with Gasteiger partial charge in [0.1, 0.15) is 5.75 Å². The molecule has 2 aromatic rings. The van der Waals surface area contributed by atoms with Crippen molar-refractivity contribution in [3.8, 4) is 5.75 Å². The molecular formula is C24H33NO2. The summed E-state index contributed by atoms with van der Waals surface area (Å²) in [6.07, 6.45) is 0. The minimum atomic E-state index is -0.150. The molecule has 0 heterocycles. The van der Waals surface area contributed by atoms with Gasteiger partial charge in [0, 0.05) is 5.69 Å². The van der Waals surface area contributed by atoms with Gasteiger partial charge in [0.2, 0.25) is 0 Å². The van der Waals surface area contributed by atoms with Crippen LogP contribution in [0.15, 0.2) is 36.4 Å². The van der Waals surface area contributed by atoms with Crippen molar-refractivity contribution < 1.29 is 9.53 Å². The Morgan fingerprint density at radius 2 is 1.59 bits per heavy atom. The zero-order valence-corrected chi connectivity index (χ0v) is 18.0. The Hall–Kier alpha value is -2.29. The van der Waals surface area contributed by atoms with Gasteiger partial charge in [0.15, 0.2) is 6.61 Å². The highest BCUT2D eigenvalue weighted by molar-refractivity contribution is 5.92. The number of nitrogens with one attached hydrogen (secondary N) is 1. The molecule has 2 rings (SSSR count). The highest BCUT2D eigenvalue weighted by Crippen LogP contribution is 2.35. The molecule has 0 unspecified atom stereocenters. The standard InChI is InChI=1S/C24H33NO2/c1-16-9-10-17(2)20(13-16)25-22(26)15-27-21-12-11-18(23(3,4)5)14-19(21)24(6,7)8/h9-14H,15H2,1-8H3,(H,25,26). The van der Waals surface area contributed by atoms with Crippen LogP contribution in [0.4, 0.5) is 5.69 Å². The van der Waals surface area contributed by atoms with E-state index in [0.29, 0.717) is 0 Å². The number of hydrogen-bond donors (Lipinski definition) is 1. The Morgan fingerprint density at radius 3 is 2.19 bits per heavy atom. The predicted molar refractivity (Wildman–Crippen MR) is 114 cm³/mol. The SMILES string of the molecule is Cc1ccc(C)c(NC(=O)COc2ccc(C(C)(C)C)cc2C(C)(C)C)c1. The monoisotopic (exact) mass is 367 g/mol. The van der Waals surface area contributed by atoms with E-state index < -0.39 is 0 Å². The first-order chi connectivity index (χ1) is 12.4. The molecule has 0 atom stereocenters. The van der Waals surface area contributed by atoms with Crippen molar-refractivity contribution >= 4 is 11.6 Å². The lowest BCUT2D eigenvalue weighted by molar-refractivity contribution is -0.118. The van der Waals surface area contributed by atoms with E-state index in [4.69, 9.17) is 4.74 Å². The van der Waals surface area contributed by atoms with E-state index in [0.717, 1.165) is 28.1 Å². The first kappa shape index (κ1) is 21.0. The summed E-state index contributed by atoms with van der Waals surface area (Å²) < 4.78 is 5.92. The molecule has 0 saturated heterocycles. The van der Waals surface area contributed by atoms with Crippen LogP contribution >= 0.6 is 0 Å². The normalized spacial score (nSPS) is 12.0. The summed E-state index contributed by atoms with van der Waals surface area (Å²) in [6, 6.07) is 12.3. The van der Waals surface area contributed by atoms with E-state index in [2.05, 4.69) is 59.0 Å². The van der Waals surface area contributed by atoms with Gasteiger partial charge in [0.05, 0.1) is 0 Å². The second-order valence-corrected chi connectivity index (χ2v) is 9.37. The van der Waals surface area contributed by atoms with Crippen LogP contribution in [0.5, 0.6) is 5.75 Å². The summed E-state index contributed by atoms with van der Waals surface area (Å²) in [5, 5.41) is 2.95. The lowest BCUT2D eigenvalue weighted by Crippen LogP contribution is -2.23. The Kier molecular flexibility index (Phi) is 6.04. The molecule has 0 fully saturated rings. The molecule has 0 bridgehead atoms. The molecule has 146 valence electrons. The topological polar surface area (TPSA) is 38.3 Å². The molecule has 3 heteroatoms. The van der Waals surface area contributed by atoms with Crippen molar-refractivity contribution in [2.45, 2.75) is 66.2 Å². The van der Waals surface area contributed by atoms with Crippen molar-refractivity contribution in [3.63, 3.8) is 0 Å². The van der Waals surface area contributed by atoms with Gasteiger partial charge in [0.25, 0.3) is 5.91 Å². The molecule has 27 heavy (non-hydrogen) atoms. The third-order valence-electron chi connectivity index (χ3n) is 4.68. The fourth-order valence-corrected chi connectivity index (χ4v) is 2.91. The third-order valence-corrected chi connectivity index (χ3v) is 4.68. The van der Waals surface area contributed by atoms with E-state index in [1.807, 2.05) is 38.1 Å². The molecule has 3 nitrogen and oxygen atoms in total. The number of carbonyl (C=O) groups is 1. The van der Waals surface area contributed by atoms with Crippen molar-refractivity contribution in [3.05, 3.63) is 58.7 Å². The zero-order chi connectivity index (χ0) is 20.4. The van der Waals surface area contributed by atoms with Gasteiger partial charge in [-0.1, -0.05) is 65.8 Å². The van der Waals surface area contributed by atoms with E-state index in [1.54, 1.807) is 0 Å². The Morgan fingerprint density at radius 1 is 0.926 bits per heavy atom. The van der Waals surface area contributed by atoms with Gasteiger partial charge in [-0.3, -0.25) is 4.79 Å². The summed E-state index contributed by atoms with van der Waals surface area (Å²) in [5.74, 6) is 0.620. The number of aryl methyl sites for hydroxylation is 2. The Bertz CT molecular complexity index is 823. The predicted octanol–water partition coefficient (Wildman–Crippen LogP) is 5.92. The number of rotatable bonds is 4. The highest BCUT2D eigenvalue weighted by atomic mass is 16.5. The molecular weight excluding hydrogens is 334 g/mol. The number of benzene rings is 2. The Balaban J connectivity index is 2.17. The number of amides is 1. The van der Waals surface area contributed by atoms with E-state index >= 15 is 0 Å². The molecule has 1 amide bonds. The third kappa shape index (κ3) is 5.59. The fraction of sp³-hybridized carbons (Fsp3) is 0.458. The summed E-state index contributed by atoms with van der Waals surface area (Å²) in [5.41, 5.74) is 5.37. The van der Waals surface area contributed by atoms with Crippen LogP contribution in [-0.4, -0.2) is 12.5 Å². The second kappa shape index (κ2) is 7.75. The van der Waals surface area contributed by atoms with Crippen LogP contribution in [0, 0.1) is 13.8 Å². The summed E-state index contributed by atoms with van der Waals surface area (Å²) >= 11 is 0. The van der Waals surface area contributed by atoms with Gasteiger partial charge in [-0.15, -0.1) is 0 Å². The van der Waals surface area contributed by atoms with Crippen LogP contribution in [0.2, 0.25) is 0 Å². The number of hydrogen-bond acceptors (Lipinski definition) is 2. The lowest BCUT2D eigenvalue weighted by atomic mass is 9.80. The van der Waals surface area contributed by atoms with E-state index in [-0.39, 0.29) is 23.3 Å². The molecule has 0 aliphatic carbocycles. The van der Waals surface area contributed by atoms with Gasteiger partial charge >= 0.3 is 0 Å². The smallest absolute Gasteiger partial charge is 0.262 e. The fourth-order valence-electron chi connectivity index (χ4n) is 2.91. The van der Waals surface area contributed by atoms with E-state index in [1.165, 1.54) is 5.56 Å². The van der Waals surface area contributed by atoms with Gasteiger partial charge < -0.3 is 10.1 Å². The average Bonchev–Trinajstić information content (AvgIpc) is 2.54. The summed E-state index contributed by atoms with van der Waals surface area (Å²) in [6.45, 7) is 17.1. The average molecular weight is 368 g/mol. The second-order valence-electron chi connectivity index (χ2n) is 9.37. The van der Waals surface area contributed by atoms with Crippen LogP contribution in [0.25, 0.3) is 0 Å².